The molecule has 1 spiro atoms. The second kappa shape index (κ2) is 6.77. The number of benzene rings is 1. The van der Waals surface area contributed by atoms with Crippen LogP contribution < -0.4 is 10.2 Å². The Bertz CT molecular complexity index is 889. The van der Waals surface area contributed by atoms with E-state index in [4.69, 9.17) is 0 Å². The summed E-state index contributed by atoms with van der Waals surface area (Å²) in [7, 11) is 0. The normalized spacial score (nSPS) is 18.2. The molecule has 1 N–H and O–H groups in total. The quantitative estimate of drug-likeness (QED) is 0.822. The Labute approximate surface area is 161 Å². The van der Waals surface area contributed by atoms with Gasteiger partial charge in [0.15, 0.2) is 5.13 Å². The molecule has 2 heterocycles. The molecular weight excluding hydrogens is 364 g/mol. The van der Waals surface area contributed by atoms with Gasteiger partial charge in [0.25, 0.3) is 11.8 Å². The fourth-order valence-corrected chi connectivity index (χ4v) is 4.56. The van der Waals surface area contributed by atoms with E-state index in [2.05, 4.69) is 10.3 Å². The summed E-state index contributed by atoms with van der Waals surface area (Å²) < 4.78 is 0. The third-order valence-electron chi connectivity index (χ3n) is 5.06. The molecule has 7 nitrogen and oxygen atoms in total. The van der Waals surface area contributed by atoms with Gasteiger partial charge in [-0.1, -0.05) is 31.0 Å². The summed E-state index contributed by atoms with van der Waals surface area (Å²) in [6.45, 7) is 1.55. The number of carbonyl (C=O) groups excluding carboxylic acids is 3. The molecule has 1 aromatic carbocycles. The summed E-state index contributed by atoms with van der Waals surface area (Å²) in [5.74, 6) is -0.657. The largest absolute Gasteiger partial charge is 0.325 e. The van der Waals surface area contributed by atoms with Crippen LogP contribution in [0.3, 0.4) is 0 Å². The number of rotatable bonds is 4. The lowest BCUT2D eigenvalue weighted by Crippen LogP contribution is -2.45. The monoisotopic (exact) mass is 384 g/mol. The maximum atomic E-state index is 13.1. The molecule has 4 rings (SSSR count). The Morgan fingerprint density at radius 1 is 1.26 bits per heavy atom. The van der Waals surface area contributed by atoms with Crippen LogP contribution in [0.25, 0.3) is 0 Å². The van der Waals surface area contributed by atoms with E-state index in [9.17, 15) is 14.4 Å². The van der Waals surface area contributed by atoms with Crippen LogP contribution in [0.15, 0.2) is 35.7 Å². The van der Waals surface area contributed by atoms with E-state index in [1.54, 1.807) is 12.1 Å². The first-order valence-electron chi connectivity index (χ1n) is 8.94. The molecule has 140 valence electrons. The molecule has 1 saturated carbocycles. The second-order valence-electron chi connectivity index (χ2n) is 6.95. The van der Waals surface area contributed by atoms with Gasteiger partial charge in [-0.3, -0.25) is 19.4 Å². The first-order chi connectivity index (χ1) is 13.0. The highest BCUT2D eigenvalue weighted by Crippen LogP contribution is 2.35. The molecule has 4 amide bonds. The van der Waals surface area contributed by atoms with Crippen molar-refractivity contribution in [3.05, 3.63) is 41.4 Å². The molecular formula is C19H20N4O3S. The molecule has 2 aliphatic rings. The Morgan fingerprint density at radius 3 is 2.59 bits per heavy atom. The SMILES string of the molecule is Cc1csc(N(C(=O)CN2C(=O)NC3(CCCC3)C2=O)c2ccccc2)n1. The van der Waals surface area contributed by atoms with Crippen molar-refractivity contribution < 1.29 is 14.4 Å². The topological polar surface area (TPSA) is 82.6 Å². The van der Waals surface area contributed by atoms with Crippen molar-refractivity contribution in [3.63, 3.8) is 0 Å². The van der Waals surface area contributed by atoms with Crippen LogP contribution in [0.1, 0.15) is 31.4 Å². The van der Waals surface area contributed by atoms with Crippen LogP contribution in [0.5, 0.6) is 0 Å². The number of anilines is 2. The summed E-state index contributed by atoms with van der Waals surface area (Å²) >= 11 is 1.35. The van der Waals surface area contributed by atoms with Crippen molar-refractivity contribution in [2.45, 2.75) is 38.1 Å². The Morgan fingerprint density at radius 2 is 1.96 bits per heavy atom. The van der Waals surface area contributed by atoms with Crippen LogP contribution in [0.2, 0.25) is 0 Å². The Hall–Kier alpha value is -2.74. The van der Waals surface area contributed by atoms with Gasteiger partial charge >= 0.3 is 6.03 Å². The van der Waals surface area contributed by atoms with Gasteiger partial charge in [0.2, 0.25) is 0 Å². The molecule has 27 heavy (non-hydrogen) atoms. The van der Waals surface area contributed by atoms with Crippen molar-refractivity contribution in [2.24, 2.45) is 0 Å². The Kier molecular flexibility index (Phi) is 4.43. The van der Waals surface area contributed by atoms with E-state index in [-0.39, 0.29) is 18.4 Å². The fourth-order valence-electron chi connectivity index (χ4n) is 3.73. The number of para-hydroxylation sites is 1. The van der Waals surface area contributed by atoms with Gasteiger partial charge in [0.05, 0.1) is 11.4 Å². The summed E-state index contributed by atoms with van der Waals surface area (Å²) in [5.41, 5.74) is 0.648. The number of hydrogen-bond acceptors (Lipinski definition) is 5. The van der Waals surface area contributed by atoms with Gasteiger partial charge in [-0.15, -0.1) is 11.3 Å². The maximum Gasteiger partial charge on any atom is 0.325 e. The molecule has 1 aliphatic heterocycles. The van der Waals surface area contributed by atoms with Crippen molar-refractivity contribution in [2.75, 3.05) is 11.4 Å². The van der Waals surface area contributed by atoms with Gasteiger partial charge in [-0.25, -0.2) is 9.78 Å². The third-order valence-corrected chi connectivity index (χ3v) is 6.00. The summed E-state index contributed by atoms with van der Waals surface area (Å²) in [4.78, 5) is 45.3. The van der Waals surface area contributed by atoms with E-state index in [0.29, 0.717) is 23.7 Å². The van der Waals surface area contributed by atoms with Crippen LogP contribution in [0, 0.1) is 6.92 Å². The van der Waals surface area contributed by atoms with Crippen molar-refractivity contribution in [3.8, 4) is 0 Å². The standard InChI is InChI=1S/C19H20N4O3S/c1-13-12-27-18(20-13)23(14-7-3-2-4-8-14)15(24)11-22-16(25)19(21-17(22)26)9-5-6-10-19/h2-4,7-8,12H,5-6,9-11H2,1H3,(H,21,26). The smallest absolute Gasteiger partial charge is 0.323 e. The molecule has 2 aromatic rings. The van der Waals surface area contributed by atoms with Crippen LogP contribution in [-0.4, -0.2) is 39.8 Å². The molecule has 1 saturated heterocycles. The van der Waals surface area contributed by atoms with E-state index in [0.717, 1.165) is 23.4 Å². The summed E-state index contributed by atoms with van der Waals surface area (Å²) in [6, 6.07) is 8.64. The van der Waals surface area contributed by atoms with Crippen LogP contribution in [-0.2, 0) is 9.59 Å². The first kappa shape index (κ1) is 17.7. The number of hydrogen-bond donors (Lipinski definition) is 1. The van der Waals surface area contributed by atoms with Gasteiger partial charge in [0.1, 0.15) is 12.1 Å². The zero-order chi connectivity index (χ0) is 19.0. The van der Waals surface area contributed by atoms with Crippen molar-refractivity contribution in [1.29, 1.82) is 0 Å². The molecule has 1 aromatic heterocycles. The number of thiazole rings is 1. The first-order valence-corrected chi connectivity index (χ1v) is 9.82. The summed E-state index contributed by atoms with van der Waals surface area (Å²) in [6.07, 6.45) is 3.08. The number of nitrogens with zero attached hydrogens (tertiary/aromatic N) is 3. The van der Waals surface area contributed by atoms with Gasteiger partial charge in [-0.2, -0.15) is 0 Å². The van der Waals surface area contributed by atoms with Gasteiger partial charge in [-0.05, 0) is 31.9 Å². The number of aromatic nitrogens is 1. The van der Waals surface area contributed by atoms with Crippen molar-refractivity contribution in [1.82, 2.24) is 15.2 Å². The number of aryl methyl sites for hydroxylation is 1. The van der Waals surface area contributed by atoms with Crippen LogP contribution in [0.4, 0.5) is 15.6 Å². The highest BCUT2D eigenvalue weighted by Gasteiger charge is 2.53. The lowest BCUT2D eigenvalue weighted by atomic mass is 9.98. The minimum Gasteiger partial charge on any atom is -0.323 e. The van der Waals surface area contributed by atoms with E-state index >= 15 is 0 Å². The average molecular weight is 384 g/mol. The molecule has 0 bridgehead atoms. The minimum absolute atomic E-state index is 0.290. The zero-order valence-electron chi connectivity index (χ0n) is 15.0. The van der Waals surface area contributed by atoms with E-state index in [1.807, 2.05) is 30.5 Å². The van der Waals surface area contributed by atoms with Gasteiger partial charge in [0, 0.05) is 5.38 Å². The summed E-state index contributed by atoms with van der Waals surface area (Å²) in [5, 5.41) is 5.19. The Balaban J connectivity index is 1.61. The minimum atomic E-state index is -0.813. The molecule has 1 aliphatic carbocycles. The fraction of sp³-hybridized carbons (Fsp3) is 0.368. The predicted molar refractivity (Wildman–Crippen MR) is 102 cm³/mol. The lowest BCUT2D eigenvalue weighted by molar-refractivity contribution is -0.134. The predicted octanol–water partition coefficient (Wildman–Crippen LogP) is 2.98. The van der Waals surface area contributed by atoms with E-state index < -0.39 is 11.6 Å². The highest BCUT2D eigenvalue weighted by atomic mass is 32.1. The number of amides is 4. The van der Waals surface area contributed by atoms with Gasteiger partial charge < -0.3 is 5.32 Å². The third kappa shape index (κ3) is 3.10. The number of imide groups is 1. The second-order valence-corrected chi connectivity index (χ2v) is 7.78. The van der Waals surface area contributed by atoms with E-state index in [1.165, 1.54) is 16.2 Å². The number of carbonyl (C=O) groups is 3. The van der Waals surface area contributed by atoms with Crippen LogP contribution >= 0.6 is 11.3 Å². The molecule has 0 radical (unpaired) electrons. The van der Waals surface area contributed by atoms with Crippen molar-refractivity contribution >= 4 is 40.0 Å². The lowest BCUT2D eigenvalue weighted by Gasteiger charge is -2.23. The average Bonchev–Trinajstić information content (AvgIpc) is 3.35. The number of urea groups is 1. The zero-order valence-corrected chi connectivity index (χ0v) is 15.8. The molecule has 8 heteroatoms. The number of nitrogens with one attached hydrogen (secondary N) is 1. The molecule has 2 fully saturated rings. The molecule has 0 atom stereocenters. The molecule has 0 unspecified atom stereocenters. The highest BCUT2D eigenvalue weighted by molar-refractivity contribution is 7.14. The maximum absolute atomic E-state index is 13.1.